The number of nitrogens with one attached hydrogen (secondary N) is 2. The van der Waals surface area contributed by atoms with E-state index in [0.717, 1.165) is 18.8 Å². The Morgan fingerprint density at radius 2 is 2.19 bits per heavy atom. The Morgan fingerprint density at radius 3 is 2.69 bits per heavy atom. The Bertz CT molecular complexity index is 338. The summed E-state index contributed by atoms with van der Waals surface area (Å²) >= 11 is 0. The molecule has 0 aliphatic heterocycles. The normalized spacial score (nSPS) is 9.69. The van der Waals surface area contributed by atoms with Crippen molar-refractivity contribution in [1.29, 1.82) is 0 Å². The van der Waals surface area contributed by atoms with Gasteiger partial charge in [-0.3, -0.25) is 9.48 Å². The largest absolute Gasteiger partial charge is 0.351 e. The Balaban J connectivity index is 0.00000225. The summed E-state index contributed by atoms with van der Waals surface area (Å²) in [5.74, 6) is -0.0569. The molecule has 0 bridgehead atoms. The molecule has 1 heterocycles. The lowest BCUT2D eigenvalue weighted by molar-refractivity contribution is 0.0953. The van der Waals surface area contributed by atoms with Crippen LogP contribution in [0.15, 0.2) is 6.20 Å². The van der Waals surface area contributed by atoms with E-state index < -0.39 is 0 Å². The summed E-state index contributed by atoms with van der Waals surface area (Å²) in [4.78, 5) is 11.6. The number of nitrogens with zero attached hydrogens (tertiary/aromatic N) is 2. The molecule has 5 nitrogen and oxygen atoms in total. The first kappa shape index (κ1) is 14.9. The minimum atomic E-state index is -0.0569. The van der Waals surface area contributed by atoms with E-state index in [0.29, 0.717) is 12.1 Å². The SMILES string of the molecule is CCNCCNC(=O)c1cn(C)nc1C.Cl. The zero-order valence-corrected chi connectivity index (χ0v) is 10.7. The molecule has 1 amide bonds. The molecule has 16 heavy (non-hydrogen) atoms. The van der Waals surface area contributed by atoms with Crippen LogP contribution in [-0.2, 0) is 7.05 Å². The van der Waals surface area contributed by atoms with E-state index >= 15 is 0 Å². The van der Waals surface area contributed by atoms with Gasteiger partial charge in [0.2, 0.25) is 0 Å². The predicted octanol–water partition coefficient (Wildman–Crippen LogP) is 0.490. The van der Waals surface area contributed by atoms with Gasteiger partial charge >= 0.3 is 0 Å². The van der Waals surface area contributed by atoms with Crippen LogP contribution in [0.25, 0.3) is 0 Å². The number of hydrogen-bond donors (Lipinski definition) is 2. The molecule has 0 spiro atoms. The highest BCUT2D eigenvalue weighted by Gasteiger charge is 2.10. The number of aryl methyl sites for hydroxylation is 2. The molecule has 0 radical (unpaired) electrons. The molecule has 2 N–H and O–H groups in total. The molecule has 0 aliphatic rings. The Labute approximate surface area is 102 Å². The lowest BCUT2D eigenvalue weighted by atomic mass is 10.2. The van der Waals surface area contributed by atoms with Crippen LogP contribution in [0.3, 0.4) is 0 Å². The van der Waals surface area contributed by atoms with Gasteiger partial charge in [-0.1, -0.05) is 6.92 Å². The van der Waals surface area contributed by atoms with Gasteiger partial charge in [0, 0.05) is 26.3 Å². The van der Waals surface area contributed by atoms with Gasteiger partial charge < -0.3 is 10.6 Å². The van der Waals surface area contributed by atoms with Crippen LogP contribution >= 0.6 is 12.4 Å². The highest BCUT2D eigenvalue weighted by atomic mass is 35.5. The van der Waals surface area contributed by atoms with Crippen molar-refractivity contribution >= 4 is 18.3 Å². The Morgan fingerprint density at radius 1 is 1.50 bits per heavy atom. The second kappa shape index (κ2) is 7.24. The average molecular weight is 247 g/mol. The molecule has 0 saturated heterocycles. The van der Waals surface area contributed by atoms with E-state index in [9.17, 15) is 4.79 Å². The lowest BCUT2D eigenvalue weighted by Crippen LogP contribution is -2.31. The number of amides is 1. The molecule has 0 saturated carbocycles. The summed E-state index contributed by atoms with van der Waals surface area (Å²) in [5, 5.41) is 10.1. The number of hydrogen-bond acceptors (Lipinski definition) is 3. The van der Waals surface area contributed by atoms with Gasteiger partial charge in [0.15, 0.2) is 0 Å². The molecule has 0 fully saturated rings. The van der Waals surface area contributed by atoms with Crippen molar-refractivity contribution in [2.75, 3.05) is 19.6 Å². The fraction of sp³-hybridized carbons (Fsp3) is 0.600. The molecule has 92 valence electrons. The van der Waals surface area contributed by atoms with Gasteiger partial charge in [-0.05, 0) is 13.5 Å². The van der Waals surface area contributed by atoms with E-state index in [1.807, 2.05) is 20.9 Å². The number of likely N-dealkylation sites (N-methyl/N-ethyl adjacent to an activating group) is 1. The van der Waals surface area contributed by atoms with Crippen LogP contribution in [0.4, 0.5) is 0 Å². The third kappa shape index (κ3) is 4.20. The summed E-state index contributed by atoms with van der Waals surface area (Å²) in [6, 6.07) is 0. The van der Waals surface area contributed by atoms with Crippen molar-refractivity contribution in [3.63, 3.8) is 0 Å². The van der Waals surface area contributed by atoms with Gasteiger partial charge in [0.05, 0.1) is 11.3 Å². The third-order valence-corrected chi connectivity index (χ3v) is 2.10. The highest BCUT2D eigenvalue weighted by Crippen LogP contribution is 2.03. The van der Waals surface area contributed by atoms with Crippen LogP contribution in [0.5, 0.6) is 0 Å². The number of carbonyl (C=O) groups is 1. The van der Waals surface area contributed by atoms with Crippen molar-refractivity contribution in [2.45, 2.75) is 13.8 Å². The van der Waals surface area contributed by atoms with E-state index in [2.05, 4.69) is 15.7 Å². The summed E-state index contributed by atoms with van der Waals surface area (Å²) in [7, 11) is 1.81. The fourth-order valence-corrected chi connectivity index (χ4v) is 1.36. The van der Waals surface area contributed by atoms with E-state index in [1.165, 1.54) is 0 Å². The van der Waals surface area contributed by atoms with Gasteiger partial charge in [-0.15, -0.1) is 12.4 Å². The van der Waals surface area contributed by atoms with Crippen molar-refractivity contribution in [2.24, 2.45) is 7.05 Å². The van der Waals surface area contributed by atoms with Crippen molar-refractivity contribution in [3.05, 3.63) is 17.5 Å². The summed E-state index contributed by atoms with van der Waals surface area (Å²) in [6.45, 7) is 6.22. The summed E-state index contributed by atoms with van der Waals surface area (Å²) in [6.07, 6.45) is 1.73. The maximum atomic E-state index is 11.6. The molecular weight excluding hydrogens is 228 g/mol. The van der Waals surface area contributed by atoms with Crippen molar-refractivity contribution < 1.29 is 4.79 Å². The smallest absolute Gasteiger partial charge is 0.254 e. The molecule has 6 heteroatoms. The standard InChI is InChI=1S/C10H18N4O.ClH/c1-4-11-5-6-12-10(15)9-7-14(3)13-8(9)2;/h7,11H,4-6H2,1-3H3,(H,12,15);1H. The predicted molar refractivity (Wildman–Crippen MR) is 66.1 cm³/mol. The summed E-state index contributed by atoms with van der Waals surface area (Å²) in [5.41, 5.74) is 1.41. The maximum absolute atomic E-state index is 11.6. The summed E-state index contributed by atoms with van der Waals surface area (Å²) < 4.78 is 1.65. The highest BCUT2D eigenvalue weighted by molar-refractivity contribution is 5.94. The van der Waals surface area contributed by atoms with Crippen molar-refractivity contribution in [1.82, 2.24) is 20.4 Å². The van der Waals surface area contributed by atoms with Crippen LogP contribution in [0.2, 0.25) is 0 Å². The number of carbonyl (C=O) groups excluding carboxylic acids is 1. The molecule has 0 unspecified atom stereocenters. The molecule has 1 aromatic heterocycles. The number of aromatic nitrogens is 2. The Hall–Kier alpha value is -1.07. The second-order valence-electron chi connectivity index (χ2n) is 3.41. The fourth-order valence-electron chi connectivity index (χ4n) is 1.36. The topological polar surface area (TPSA) is 58.9 Å². The zero-order valence-electron chi connectivity index (χ0n) is 9.91. The van der Waals surface area contributed by atoms with Gasteiger partial charge in [-0.2, -0.15) is 5.10 Å². The maximum Gasteiger partial charge on any atom is 0.254 e. The third-order valence-electron chi connectivity index (χ3n) is 2.10. The van der Waals surface area contributed by atoms with Gasteiger partial charge in [0.1, 0.15) is 0 Å². The van der Waals surface area contributed by atoms with Crippen LogP contribution in [0, 0.1) is 6.92 Å². The van der Waals surface area contributed by atoms with Gasteiger partial charge in [-0.25, -0.2) is 0 Å². The Kier molecular flexibility index (Phi) is 6.76. The van der Waals surface area contributed by atoms with Crippen LogP contribution in [-0.4, -0.2) is 35.3 Å². The monoisotopic (exact) mass is 246 g/mol. The van der Waals surface area contributed by atoms with Crippen LogP contribution < -0.4 is 10.6 Å². The molecule has 0 aliphatic carbocycles. The average Bonchev–Trinajstić information content (AvgIpc) is 2.52. The molecule has 1 aromatic rings. The van der Waals surface area contributed by atoms with E-state index in [-0.39, 0.29) is 18.3 Å². The van der Waals surface area contributed by atoms with E-state index in [4.69, 9.17) is 0 Å². The number of rotatable bonds is 5. The number of halogens is 1. The zero-order chi connectivity index (χ0) is 11.3. The minimum absolute atomic E-state index is 0. The quantitative estimate of drug-likeness (QED) is 0.744. The lowest BCUT2D eigenvalue weighted by Gasteiger charge is -2.04. The molecule has 0 aromatic carbocycles. The second-order valence-corrected chi connectivity index (χ2v) is 3.41. The first-order chi connectivity index (χ1) is 7.15. The first-order valence-electron chi connectivity index (χ1n) is 5.14. The van der Waals surface area contributed by atoms with Crippen LogP contribution in [0.1, 0.15) is 23.0 Å². The van der Waals surface area contributed by atoms with Crippen molar-refractivity contribution in [3.8, 4) is 0 Å². The minimum Gasteiger partial charge on any atom is -0.351 e. The van der Waals surface area contributed by atoms with E-state index in [1.54, 1.807) is 10.9 Å². The molecule has 0 atom stereocenters. The molecular formula is C10H19ClN4O. The molecule has 1 rings (SSSR count). The van der Waals surface area contributed by atoms with Gasteiger partial charge in [0.25, 0.3) is 5.91 Å². The first-order valence-corrected chi connectivity index (χ1v) is 5.14.